The summed E-state index contributed by atoms with van der Waals surface area (Å²) >= 11 is 0. The van der Waals surface area contributed by atoms with Crippen LogP contribution in [0.5, 0.6) is 11.5 Å². The highest BCUT2D eigenvalue weighted by Crippen LogP contribution is 2.34. The van der Waals surface area contributed by atoms with Crippen LogP contribution >= 0.6 is 0 Å². The quantitative estimate of drug-likeness (QED) is 0.546. The predicted octanol–water partition coefficient (Wildman–Crippen LogP) is 1.82. The summed E-state index contributed by atoms with van der Waals surface area (Å²) in [6.45, 7) is 4.45. The number of hydrogen-bond donors (Lipinski definition) is 1. The topological polar surface area (TPSA) is 105 Å². The molecule has 1 aliphatic heterocycles. The highest BCUT2D eigenvalue weighted by Gasteiger charge is 2.30. The van der Waals surface area contributed by atoms with Crippen molar-refractivity contribution in [1.82, 2.24) is 10.2 Å². The van der Waals surface area contributed by atoms with Crippen molar-refractivity contribution in [1.29, 1.82) is 0 Å². The number of ether oxygens (including phenoxy) is 2. The normalized spacial score (nSPS) is 13.6. The molecule has 0 bridgehead atoms. The van der Waals surface area contributed by atoms with Gasteiger partial charge in [0.1, 0.15) is 25.8 Å². The van der Waals surface area contributed by atoms with Gasteiger partial charge in [-0.1, -0.05) is 30.3 Å². The minimum absolute atomic E-state index is 0.264. The van der Waals surface area contributed by atoms with E-state index in [-0.39, 0.29) is 18.1 Å². The molecule has 0 radical (unpaired) electrons. The second kappa shape index (κ2) is 11.2. The molecule has 2 amide bonds. The zero-order valence-electron chi connectivity index (χ0n) is 19.7. The molecule has 1 aliphatic rings. The Morgan fingerprint density at radius 3 is 2.38 bits per heavy atom. The monoisotopic (exact) mass is 489 g/mol. The molecule has 0 spiro atoms. The molecule has 184 valence electrons. The van der Waals surface area contributed by atoms with Gasteiger partial charge in [-0.2, -0.15) is 0 Å². The van der Waals surface area contributed by atoms with Crippen molar-refractivity contribution in [2.75, 3.05) is 43.4 Å². The summed E-state index contributed by atoms with van der Waals surface area (Å²) in [5.74, 6) is 0.162. The van der Waals surface area contributed by atoms with E-state index in [0.717, 1.165) is 16.1 Å². The molecule has 0 saturated heterocycles. The van der Waals surface area contributed by atoms with Crippen molar-refractivity contribution in [3.05, 3.63) is 54.1 Å². The van der Waals surface area contributed by atoms with Crippen LogP contribution in [0.3, 0.4) is 0 Å². The predicted molar refractivity (Wildman–Crippen MR) is 130 cm³/mol. The summed E-state index contributed by atoms with van der Waals surface area (Å²) < 4.78 is 37.4. The molecule has 1 N–H and O–H groups in total. The minimum atomic E-state index is -3.81. The summed E-state index contributed by atoms with van der Waals surface area (Å²) in [6, 6.07) is 13.6. The molecule has 1 unspecified atom stereocenters. The fraction of sp³-hybridized carbons (Fsp3) is 0.417. The van der Waals surface area contributed by atoms with Crippen LogP contribution in [0.2, 0.25) is 0 Å². The van der Waals surface area contributed by atoms with E-state index in [1.165, 1.54) is 4.90 Å². The molecule has 0 aromatic heterocycles. The van der Waals surface area contributed by atoms with Gasteiger partial charge in [-0.05, 0) is 38.0 Å². The first kappa shape index (κ1) is 25.4. The lowest BCUT2D eigenvalue weighted by Gasteiger charge is -2.31. The molecule has 10 heteroatoms. The number of benzene rings is 2. The average molecular weight is 490 g/mol. The van der Waals surface area contributed by atoms with Gasteiger partial charge in [-0.25, -0.2) is 8.42 Å². The maximum atomic E-state index is 13.4. The zero-order valence-corrected chi connectivity index (χ0v) is 20.5. The van der Waals surface area contributed by atoms with Crippen LogP contribution in [0.15, 0.2) is 48.5 Å². The number of carbonyl (C=O) groups excluding carboxylic acids is 2. The third-order valence-corrected chi connectivity index (χ3v) is 6.64. The fourth-order valence-corrected chi connectivity index (χ4v) is 4.53. The van der Waals surface area contributed by atoms with E-state index in [0.29, 0.717) is 37.7 Å². The number of nitrogens with zero attached hydrogens (tertiary/aromatic N) is 2. The smallest absolute Gasteiger partial charge is 0.244 e. The van der Waals surface area contributed by atoms with Gasteiger partial charge in [0, 0.05) is 19.2 Å². The van der Waals surface area contributed by atoms with Gasteiger partial charge in [-0.15, -0.1) is 0 Å². The number of sulfonamides is 1. The number of carbonyl (C=O) groups is 2. The molecule has 34 heavy (non-hydrogen) atoms. The van der Waals surface area contributed by atoms with Crippen LogP contribution in [-0.4, -0.2) is 70.3 Å². The van der Waals surface area contributed by atoms with Gasteiger partial charge in [0.05, 0.1) is 11.9 Å². The molecule has 2 aromatic carbocycles. The minimum Gasteiger partial charge on any atom is -0.486 e. The highest BCUT2D eigenvalue weighted by atomic mass is 32.2. The summed E-state index contributed by atoms with van der Waals surface area (Å²) in [5.41, 5.74) is 1.30. The molecule has 1 heterocycles. The van der Waals surface area contributed by atoms with Crippen LogP contribution in [-0.2, 0) is 26.0 Å². The van der Waals surface area contributed by atoms with E-state index in [2.05, 4.69) is 5.32 Å². The number of hydrogen-bond acceptors (Lipinski definition) is 6. The SMILES string of the molecule is CCNC(=O)C(C)N(CCc1ccccc1)C(=O)CN(c1ccc2c(c1)OCCO2)S(C)(=O)=O. The Kier molecular flexibility index (Phi) is 8.38. The van der Waals surface area contributed by atoms with Crippen LogP contribution in [0.25, 0.3) is 0 Å². The van der Waals surface area contributed by atoms with Crippen LogP contribution in [0, 0.1) is 0 Å². The van der Waals surface area contributed by atoms with Gasteiger partial charge in [0.25, 0.3) is 0 Å². The molecular formula is C24H31N3O6S. The summed E-state index contributed by atoms with van der Waals surface area (Å²) in [7, 11) is -3.81. The van der Waals surface area contributed by atoms with Gasteiger partial charge >= 0.3 is 0 Å². The number of rotatable bonds is 10. The fourth-order valence-electron chi connectivity index (χ4n) is 3.69. The van der Waals surface area contributed by atoms with Crippen LogP contribution in [0.1, 0.15) is 19.4 Å². The Hall–Kier alpha value is -3.27. The van der Waals surface area contributed by atoms with Gasteiger partial charge in [-0.3, -0.25) is 13.9 Å². The summed E-state index contributed by atoms with van der Waals surface area (Å²) in [4.78, 5) is 27.4. The second-order valence-electron chi connectivity index (χ2n) is 7.99. The van der Waals surface area contributed by atoms with E-state index >= 15 is 0 Å². The third kappa shape index (κ3) is 6.40. The van der Waals surface area contributed by atoms with E-state index in [1.807, 2.05) is 30.3 Å². The van der Waals surface area contributed by atoms with Crippen molar-refractivity contribution in [2.24, 2.45) is 0 Å². The maximum Gasteiger partial charge on any atom is 0.244 e. The van der Waals surface area contributed by atoms with E-state index < -0.39 is 28.5 Å². The number of nitrogens with one attached hydrogen (secondary N) is 1. The molecule has 3 rings (SSSR count). The van der Waals surface area contributed by atoms with Crippen molar-refractivity contribution in [3.8, 4) is 11.5 Å². The third-order valence-electron chi connectivity index (χ3n) is 5.50. The molecule has 0 saturated carbocycles. The van der Waals surface area contributed by atoms with Crippen LogP contribution < -0.4 is 19.1 Å². The van der Waals surface area contributed by atoms with E-state index in [1.54, 1.807) is 32.0 Å². The first-order chi connectivity index (χ1) is 16.2. The first-order valence-corrected chi connectivity index (χ1v) is 13.0. The average Bonchev–Trinajstić information content (AvgIpc) is 2.82. The Morgan fingerprint density at radius 1 is 1.06 bits per heavy atom. The Labute approximate surface area is 200 Å². The van der Waals surface area contributed by atoms with Crippen molar-refractivity contribution < 1.29 is 27.5 Å². The molecule has 0 aliphatic carbocycles. The summed E-state index contributed by atoms with van der Waals surface area (Å²) in [5, 5.41) is 2.73. The van der Waals surface area contributed by atoms with E-state index in [4.69, 9.17) is 9.47 Å². The van der Waals surface area contributed by atoms with Gasteiger partial charge < -0.3 is 19.7 Å². The van der Waals surface area contributed by atoms with Crippen molar-refractivity contribution in [2.45, 2.75) is 26.3 Å². The molecule has 9 nitrogen and oxygen atoms in total. The highest BCUT2D eigenvalue weighted by molar-refractivity contribution is 7.92. The van der Waals surface area contributed by atoms with Gasteiger partial charge in [0.15, 0.2) is 11.5 Å². The Bertz CT molecular complexity index is 1110. The van der Waals surface area contributed by atoms with Crippen molar-refractivity contribution in [3.63, 3.8) is 0 Å². The lowest BCUT2D eigenvalue weighted by molar-refractivity contribution is -0.138. The number of fused-ring (bicyclic) bond motifs is 1. The second-order valence-corrected chi connectivity index (χ2v) is 9.90. The van der Waals surface area contributed by atoms with Gasteiger partial charge in [0.2, 0.25) is 21.8 Å². The molecule has 2 aromatic rings. The Morgan fingerprint density at radius 2 is 1.74 bits per heavy atom. The first-order valence-electron chi connectivity index (χ1n) is 11.2. The number of anilines is 1. The van der Waals surface area contributed by atoms with Crippen molar-refractivity contribution >= 4 is 27.5 Å². The lowest BCUT2D eigenvalue weighted by atomic mass is 10.1. The number of likely N-dealkylation sites (N-methyl/N-ethyl adjacent to an activating group) is 1. The Balaban J connectivity index is 1.85. The standard InChI is InChI=1S/C24H31N3O6S/c1-4-25-24(29)18(2)26(13-12-19-8-6-5-7-9-19)23(28)17-27(34(3,30)31)20-10-11-21-22(16-20)33-15-14-32-21/h5-11,16,18H,4,12-15,17H2,1-3H3,(H,25,29). The molecule has 0 fully saturated rings. The molecule has 1 atom stereocenters. The maximum absolute atomic E-state index is 13.4. The lowest BCUT2D eigenvalue weighted by Crippen LogP contribution is -2.52. The zero-order chi connectivity index (χ0) is 24.7. The van der Waals surface area contributed by atoms with E-state index in [9.17, 15) is 18.0 Å². The number of amides is 2. The largest absolute Gasteiger partial charge is 0.486 e. The summed E-state index contributed by atoms with van der Waals surface area (Å²) in [6.07, 6.45) is 1.57. The molecular weight excluding hydrogens is 458 g/mol. The van der Waals surface area contributed by atoms with Crippen LogP contribution in [0.4, 0.5) is 5.69 Å².